The average molecular weight is 420 g/mol. The summed E-state index contributed by atoms with van der Waals surface area (Å²) in [6.45, 7) is 4.90. The molecule has 31 heavy (non-hydrogen) atoms. The molecule has 1 saturated heterocycles. The highest BCUT2D eigenvalue weighted by Crippen LogP contribution is 2.33. The zero-order valence-corrected chi connectivity index (χ0v) is 17.3. The number of rotatable bonds is 3. The van der Waals surface area contributed by atoms with Crippen LogP contribution in [0.4, 0.5) is 10.1 Å². The lowest BCUT2D eigenvalue weighted by Gasteiger charge is -2.38. The first-order chi connectivity index (χ1) is 15.1. The van der Waals surface area contributed by atoms with Gasteiger partial charge in [0.05, 0.1) is 11.2 Å². The number of fused-ring (bicyclic) bond motifs is 4. The van der Waals surface area contributed by atoms with Crippen molar-refractivity contribution in [3.63, 3.8) is 0 Å². The Labute approximate surface area is 178 Å². The molecule has 1 unspecified atom stereocenters. The first kappa shape index (κ1) is 18.7. The Morgan fingerprint density at radius 3 is 2.81 bits per heavy atom. The van der Waals surface area contributed by atoms with Crippen LogP contribution in [-0.2, 0) is 12.8 Å². The van der Waals surface area contributed by atoms with Crippen molar-refractivity contribution in [3.8, 4) is 0 Å². The van der Waals surface area contributed by atoms with E-state index in [4.69, 9.17) is 4.42 Å². The van der Waals surface area contributed by atoms with Crippen LogP contribution in [0.1, 0.15) is 17.7 Å². The summed E-state index contributed by atoms with van der Waals surface area (Å²) in [4.78, 5) is 22.7. The molecule has 0 amide bonds. The van der Waals surface area contributed by atoms with Gasteiger partial charge in [0.25, 0.3) is 0 Å². The van der Waals surface area contributed by atoms with E-state index in [2.05, 4.69) is 19.8 Å². The number of nitrogens with zero attached hydrogens (tertiary/aromatic N) is 2. The number of para-hydroxylation sites is 1. The van der Waals surface area contributed by atoms with Gasteiger partial charge in [0.2, 0.25) is 0 Å². The smallest absolute Gasteiger partial charge is 0.406 e. The Morgan fingerprint density at radius 2 is 1.94 bits per heavy atom. The summed E-state index contributed by atoms with van der Waals surface area (Å²) < 4.78 is 19.0. The van der Waals surface area contributed by atoms with Gasteiger partial charge in [-0.1, -0.05) is 6.07 Å². The minimum absolute atomic E-state index is 0.163. The van der Waals surface area contributed by atoms with E-state index >= 15 is 0 Å². The standard InChI is InChI=1S/C24H25FN4O2/c25-16-5-7-19-18(13-16)17-6-4-15(12-21(17)26-19)14-28-8-10-29(11-9-28)22-3-1-2-20-23(22)31-24(30)27-20/h1-3,5,7,13,15,26H,4,6,8-12,14H2,(H,27,30). The highest BCUT2D eigenvalue weighted by molar-refractivity contribution is 5.86. The number of piperazine rings is 1. The van der Waals surface area contributed by atoms with E-state index < -0.39 is 5.76 Å². The second kappa shape index (κ2) is 7.27. The third-order valence-corrected chi connectivity index (χ3v) is 6.91. The summed E-state index contributed by atoms with van der Waals surface area (Å²) in [6.07, 6.45) is 3.18. The number of aromatic amines is 2. The number of anilines is 1. The van der Waals surface area contributed by atoms with Crippen molar-refractivity contribution in [2.75, 3.05) is 37.6 Å². The SMILES string of the molecule is O=c1[nH]c2cccc(N3CCN(CC4CCc5c([nH]c6ccc(F)cc56)C4)CC3)c2o1. The van der Waals surface area contributed by atoms with Crippen LogP contribution in [0.25, 0.3) is 22.0 Å². The second-order valence-electron chi connectivity index (χ2n) is 8.84. The van der Waals surface area contributed by atoms with Gasteiger partial charge in [-0.15, -0.1) is 0 Å². The quantitative estimate of drug-likeness (QED) is 0.531. The van der Waals surface area contributed by atoms with Crippen LogP contribution in [0.5, 0.6) is 0 Å². The molecule has 2 aromatic carbocycles. The lowest BCUT2D eigenvalue weighted by Crippen LogP contribution is -2.48. The predicted molar refractivity (Wildman–Crippen MR) is 119 cm³/mol. The maximum atomic E-state index is 13.7. The van der Waals surface area contributed by atoms with Gasteiger partial charge in [-0.05, 0) is 61.1 Å². The fourth-order valence-electron chi connectivity index (χ4n) is 5.37. The third kappa shape index (κ3) is 3.33. The molecule has 7 heteroatoms. The first-order valence-corrected chi connectivity index (χ1v) is 11.0. The zero-order chi connectivity index (χ0) is 20.9. The van der Waals surface area contributed by atoms with Gasteiger partial charge in [0, 0.05) is 49.3 Å². The van der Waals surface area contributed by atoms with Crippen LogP contribution < -0.4 is 10.7 Å². The number of hydrogen-bond donors (Lipinski definition) is 2. The van der Waals surface area contributed by atoms with Gasteiger partial charge in [0.1, 0.15) is 5.82 Å². The Morgan fingerprint density at radius 1 is 1.06 bits per heavy atom. The van der Waals surface area contributed by atoms with E-state index in [0.717, 1.165) is 74.1 Å². The molecule has 0 radical (unpaired) electrons. The van der Waals surface area contributed by atoms with Crippen molar-refractivity contribution < 1.29 is 8.81 Å². The van der Waals surface area contributed by atoms with Gasteiger partial charge in [-0.25, -0.2) is 9.18 Å². The molecule has 0 bridgehead atoms. The monoisotopic (exact) mass is 420 g/mol. The van der Waals surface area contributed by atoms with Crippen molar-refractivity contribution in [2.45, 2.75) is 19.3 Å². The number of nitrogens with one attached hydrogen (secondary N) is 2. The summed E-state index contributed by atoms with van der Waals surface area (Å²) in [5, 5.41) is 1.05. The number of hydrogen-bond acceptors (Lipinski definition) is 4. The molecule has 0 saturated carbocycles. The van der Waals surface area contributed by atoms with Crippen LogP contribution in [0.15, 0.2) is 45.6 Å². The first-order valence-electron chi connectivity index (χ1n) is 11.0. The molecular weight excluding hydrogens is 395 g/mol. The number of H-pyrrole nitrogens is 2. The lowest BCUT2D eigenvalue weighted by atomic mass is 9.86. The molecule has 6 rings (SSSR count). The normalized spacial score (nSPS) is 19.9. The minimum atomic E-state index is -0.405. The molecular formula is C24H25FN4O2. The van der Waals surface area contributed by atoms with Crippen LogP contribution in [0.3, 0.4) is 0 Å². The summed E-state index contributed by atoms with van der Waals surface area (Å²) in [6, 6.07) is 10.9. The average Bonchev–Trinajstić information content (AvgIpc) is 3.33. The van der Waals surface area contributed by atoms with E-state index in [0.29, 0.717) is 11.5 Å². The molecule has 1 fully saturated rings. The fourth-order valence-corrected chi connectivity index (χ4v) is 5.37. The molecule has 3 heterocycles. The second-order valence-corrected chi connectivity index (χ2v) is 8.84. The number of aromatic nitrogens is 2. The number of aryl methyl sites for hydroxylation is 1. The van der Waals surface area contributed by atoms with Gasteiger partial charge in [-0.2, -0.15) is 0 Å². The van der Waals surface area contributed by atoms with E-state index in [-0.39, 0.29) is 5.82 Å². The highest BCUT2D eigenvalue weighted by Gasteiger charge is 2.26. The number of benzene rings is 2. The van der Waals surface area contributed by atoms with Crippen molar-refractivity contribution in [1.29, 1.82) is 0 Å². The van der Waals surface area contributed by atoms with Gasteiger partial charge in [-0.3, -0.25) is 9.88 Å². The molecule has 1 aliphatic carbocycles. The molecule has 160 valence electrons. The molecule has 1 atom stereocenters. The van der Waals surface area contributed by atoms with Gasteiger partial charge < -0.3 is 14.3 Å². The van der Waals surface area contributed by atoms with Crippen LogP contribution >= 0.6 is 0 Å². The lowest BCUT2D eigenvalue weighted by molar-refractivity contribution is 0.208. The molecule has 2 aromatic heterocycles. The number of oxazole rings is 1. The molecule has 4 aromatic rings. The summed E-state index contributed by atoms with van der Waals surface area (Å²) >= 11 is 0. The topological polar surface area (TPSA) is 68.3 Å². The summed E-state index contributed by atoms with van der Waals surface area (Å²) in [7, 11) is 0. The fraction of sp³-hybridized carbons (Fsp3) is 0.375. The van der Waals surface area contributed by atoms with E-state index in [1.165, 1.54) is 17.3 Å². The van der Waals surface area contributed by atoms with Crippen molar-refractivity contribution in [3.05, 3.63) is 64.0 Å². The Hall–Kier alpha value is -3.06. The molecule has 6 nitrogen and oxygen atoms in total. The Bertz CT molecular complexity index is 1310. The van der Waals surface area contributed by atoms with E-state index in [9.17, 15) is 9.18 Å². The Kier molecular flexibility index (Phi) is 4.38. The third-order valence-electron chi connectivity index (χ3n) is 6.91. The molecule has 0 spiro atoms. The van der Waals surface area contributed by atoms with Gasteiger partial charge in [0.15, 0.2) is 5.58 Å². The van der Waals surface area contributed by atoms with Crippen molar-refractivity contribution in [1.82, 2.24) is 14.9 Å². The van der Waals surface area contributed by atoms with E-state index in [1.807, 2.05) is 24.3 Å². The highest BCUT2D eigenvalue weighted by atomic mass is 19.1. The summed E-state index contributed by atoms with van der Waals surface area (Å²) in [5.41, 5.74) is 6.02. The zero-order valence-electron chi connectivity index (χ0n) is 17.3. The van der Waals surface area contributed by atoms with Crippen LogP contribution in [0, 0.1) is 11.7 Å². The van der Waals surface area contributed by atoms with Gasteiger partial charge >= 0.3 is 5.76 Å². The van der Waals surface area contributed by atoms with Crippen molar-refractivity contribution >= 4 is 27.7 Å². The molecule has 2 aliphatic rings. The largest absolute Gasteiger partial charge is 0.417 e. The predicted octanol–water partition coefficient (Wildman–Crippen LogP) is 3.67. The molecule has 1 aliphatic heterocycles. The Balaban J connectivity index is 1.12. The maximum Gasteiger partial charge on any atom is 0.417 e. The number of halogens is 1. The summed E-state index contributed by atoms with van der Waals surface area (Å²) in [5.74, 6) is 0.0458. The van der Waals surface area contributed by atoms with Crippen LogP contribution in [0.2, 0.25) is 0 Å². The maximum absolute atomic E-state index is 13.7. The van der Waals surface area contributed by atoms with E-state index in [1.54, 1.807) is 6.07 Å². The van der Waals surface area contributed by atoms with Crippen molar-refractivity contribution in [2.24, 2.45) is 5.92 Å². The minimum Gasteiger partial charge on any atom is -0.406 e. The molecule has 2 N–H and O–H groups in total. The van der Waals surface area contributed by atoms with Crippen LogP contribution in [-0.4, -0.2) is 47.6 Å².